The first-order valence-corrected chi connectivity index (χ1v) is 9.81. The molecule has 0 spiro atoms. The summed E-state index contributed by atoms with van der Waals surface area (Å²) in [6.45, 7) is 3.21. The molecule has 0 saturated carbocycles. The molecule has 3 aromatic rings. The van der Waals surface area contributed by atoms with E-state index in [1.54, 1.807) is 18.3 Å². The molecule has 1 aliphatic heterocycles. The van der Waals surface area contributed by atoms with Gasteiger partial charge in [0, 0.05) is 24.0 Å². The van der Waals surface area contributed by atoms with Crippen molar-refractivity contribution in [2.75, 3.05) is 23.3 Å². The zero-order valence-corrected chi connectivity index (χ0v) is 16.7. The van der Waals surface area contributed by atoms with Gasteiger partial charge < -0.3 is 20.4 Å². The Morgan fingerprint density at radius 3 is 2.83 bits per heavy atom. The fourth-order valence-electron chi connectivity index (χ4n) is 3.68. The van der Waals surface area contributed by atoms with Gasteiger partial charge in [-0.15, -0.1) is 0 Å². The summed E-state index contributed by atoms with van der Waals surface area (Å²) in [6.07, 6.45) is 3.29. The van der Waals surface area contributed by atoms with Crippen LogP contribution in [-0.2, 0) is 4.79 Å². The molecule has 7 nitrogen and oxygen atoms in total. The number of nitrogens with two attached hydrogens (primary N) is 1. The second-order valence-corrected chi connectivity index (χ2v) is 7.63. The Hall–Kier alpha value is -3.06. The number of aromatic nitrogens is 1. The number of furan rings is 1. The summed E-state index contributed by atoms with van der Waals surface area (Å²) in [5, 5.41) is 4.08. The molecule has 3 N–H and O–H groups in total. The number of hydrogen-bond donors (Lipinski definition) is 2. The molecule has 1 atom stereocenters. The predicted octanol–water partition coefficient (Wildman–Crippen LogP) is 3.74. The van der Waals surface area contributed by atoms with Gasteiger partial charge in [-0.2, -0.15) is 0 Å². The highest BCUT2D eigenvalue weighted by molar-refractivity contribution is 6.35. The molecule has 1 unspecified atom stereocenters. The van der Waals surface area contributed by atoms with Gasteiger partial charge in [-0.1, -0.05) is 23.7 Å². The van der Waals surface area contributed by atoms with Crippen LogP contribution in [0.3, 0.4) is 0 Å². The van der Waals surface area contributed by atoms with Gasteiger partial charge in [-0.25, -0.2) is 4.98 Å². The van der Waals surface area contributed by atoms with Crippen LogP contribution in [-0.4, -0.2) is 29.9 Å². The maximum atomic E-state index is 12.7. The Morgan fingerprint density at radius 2 is 2.14 bits per heavy atom. The maximum Gasteiger partial charge on any atom is 0.291 e. The monoisotopic (exact) mass is 412 g/mol. The summed E-state index contributed by atoms with van der Waals surface area (Å²) >= 11 is 6.16. The van der Waals surface area contributed by atoms with Gasteiger partial charge in [-0.3, -0.25) is 9.59 Å². The van der Waals surface area contributed by atoms with Gasteiger partial charge in [-0.05, 0) is 38.0 Å². The Bertz CT molecular complexity index is 1080. The average molecular weight is 413 g/mol. The van der Waals surface area contributed by atoms with E-state index in [9.17, 15) is 9.59 Å². The number of hydrogen-bond acceptors (Lipinski definition) is 5. The van der Waals surface area contributed by atoms with Crippen molar-refractivity contribution in [3.63, 3.8) is 0 Å². The van der Waals surface area contributed by atoms with Gasteiger partial charge in [0.1, 0.15) is 5.82 Å². The quantitative estimate of drug-likeness (QED) is 0.679. The lowest BCUT2D eigenvalue weighted by Gasteiger charge is -2.32. The highest BCUT2D eigenvalue weighted by atomic mass is 35.5. The summed E-state index contributed by atoms with van der Waals surface area (Å²) in [6, 6.07) is 9.01. The Morgan fingerprint density at radius 1 is 1.31 bits per heavy atom. The van der Waals surface area contributed by atoms with Gasteiger partial charge in [0.05, 0.1) is 22.8 Å². The van der Waals surface area contributed by atoms with E-state index in [2.05, 4.69) is 10.3 Å². The lowest BCUT2D eigenvalue weighted by Crippen LogP contribution is -2.41. The molecule has 2 amide bonds. The van der Waals surface area contributed by atoms with Gasteiger partial charge in [0.2, 0.25) is 5.91 Å². The number of para-hydroxylation sites is 1. The topological polar surface area (TPSA) is 101 Å². The van der Waals surface area contributed by atoms with E-state index in [1.807, 2.05) is 30.0 Å². The van der Waals surface area contributed by atoms with E-state index in [0.29, 0.717) is 22.8 Å². The third-order valence-corrected chi connectivity index (χ3v) is 5.57. The van der Waals surface area contributed by atoms with E-state index < -0.39 is 0 Å². The van der Waals surface area contributed by atoms with Crippen LogP contribution in [0.2, 0.25) is 5.02 Å². The summed E-state index contributed by atoms with van der Waals surface area (Å²) in [5.41, 5.74) is 7.22. The van der Waals surface area contributed by atoms with Crippen LogP contribution in [0.15, 0.2) is 40.9 Å². The molecule has 150 valence electrons. The molecular weight excluding hydrogens is 392 g/mol. The van der Waals surface area contributed by atoms with Crippen LogP contribution >= 0.6 is 11.6 Å². The third kappa shape index (κ3) is 3.78. The molecule has 1 aliphatic rings. The van der Waals surface area contributed by atoms with Crippen molar-refractivity contribution in [3.05, 3.63) is 52.9 Å². The van der Waals surface area contributed by atoms with Crippen LogP contribution in [0, 0.1) is 12.8 Å². The number of amides is 2. The Balaban J connectivity index is 1.49. The van der Waals surface area contributed by atoms with Crippen LogP contribution < -0.4 is 16.0 Å². The van der Waals surface area contributed by atoms with Crippen LogP contribution in [0.4, 0.5) is 11.5 Å². The normalized spacial score (nSPS) is 16.8. The Kier molecular flexibility index (Phi) is 5.15. The van der Waals surface area contributed by atoms with Crippen molar-refractivity contribution in [2.24, 2.45) is 11.7 Å². The molecule has 4 rings (SSSR count). The average Bonchev–Trinajstić information content (AvgIpc) is 3.07. The Labute approximate surface area is 172 Å². The summed E-state index contributed by atoms with van der Waals surface area (Å²) < 4.78 is 5.70. The lowest BCUT2D eigenvalue weighted by atomic mass is 9.97. The first-order valence-electron chi connectivity index (χ1n) is 9.43. The molecule has 2 aromatic heterocycles. The number of aryl methyl sites for hydroxylation is 1. The molecule has 1 fully saturated rings. The molecular formula is C21H21ClN4O3. The molecule has 1 aromatic carbocycles. The molecule has 0 aliphatic carbocycles. The number of pyridine rings is 1. The number of carbonyl (C=O) groups excluding carboxylic acids is 2. The summed E-state index contributed by atoms with van der Waals surface area (Å²) in [7, 11) is 0. The number of benzene rings is 1. The number of nitrogens with one attached hydrogen (secondary N) is 1. The minimum absolute atomic E-state index is 0.159. The lowest BCUT2D eigenvalue weighted by molar-refractivity contribution is -0.122. The number of halogens is 1. The SMILES string of the molecule is Cc1c(C(=O)Nc2ccc(N3CCCC(C(N)=O)C3)nc2)oc2c(Cl)cccc12. The predicted molar refractivity (Wildman–Crippen MR) is 112 cm³/mol. The fraction of sp³-hybridized carbons (Fsp3) is 0.286. The van der Waals surface area contributed by atoms with E-state index in [0.717, 1.165) is 36.2 Å². The summed E-state index contributed by atoms with van der Waals surface area (Å²) in [5.74, 6) is 0.168. The molecule has 8 heteroatoms. The second-order valence-electron chi connectivity index (χ2n) is 7.22. The zero-order chi connectivity index (χ0) is 20.5. The van der Waals surface area contributed by atoms with Crippen molar-refractivity contribution in [1.29, 1.82) is 0 Å². The van der Waals surface area contributed by atoms with E-state index in [-0.39, 0.29) is 23.5 Å². The molecule has 3 heterocycles. The van der Waals surface area contributed by atoms with Gasteiger partial charge in [0.25, 0.3) is 5.91 Å². The van der Waals surface area contributed by atoms with Crippen molar-refractivity contribution in [2.45, 2.75) is 19.8 Å². The highest BCUT2D eigenvalue weighted by Gasteiger charge is 2.25. The highest BCUT2D eigenvalue weighted by Crippen LogP contribution is 2.31. The minimum atomic E-state index is -0.365. The molecule has 29 heavy (non-hydrogen) atoms. The number of anilines is 2. The minimum Gasteiger partial charge on any atom is -0.449 e. The number of primary amides is 1. The van der Waals surface area contributed by atoms with E-state index in [4.69, 9.17) is 21.8 Å². The number of fused-ring (bicyclic) bond motifs is 1. The van der Waals surface area contributed by atoms with E-state index in [1.165, 1.54) is 0 Å². The van der Waals surface area contributed by atoms with Crippen molar-refractivity contribution in [1.82, 2.24) is 4.98 Å². The summed E-state index contributed by atoms with van der Waals surface area (Å²) in [4.78, 5) is 30.6. The molecule has 0 radical (unpaired) electrons. The number of carbonyl (C=O) groups is 2. The standard InChI is InChI=1S/C21H21ClN4O3/c1-12-15-5-2-6-16(22)19(15)29-18(12)21(28)25-14-7-8-17(24-10-14)26-9-3-4-13(11-26)20(23)27/h2,5-8,10,13H,3-4,9,11H2,1H3,(H2,23,27)(H,25,28). The number of rotatable bonds is 4. The smallest absolute Gasteiger partial charge is 0.291 e. The largest absolute Gasteiger partial charge is 0.449 e. The van der Waals surface area contributed by atoms with E-state index >= 15 is 0 Å². The van der Waals surface area contributed by atoms with Crippen LogP contribution in [0.25, 0.3) is 11.0 Å². The molecule has 1 saturated heterocycles. The first-order chi connectivity index (χ1) is 13.9. The van der Waals surface area contributed by atoms with Crippen molar-refractivity contribution >= 4 is 45.9 Å². The fourth-order valence-corrected chi connectivity index (χ4v) is 3.89. The van der Waals surface area contributed by atoms with Crippen LogP contribution in [0.1, 0.15) is 29.0 Å². The van der Waals surface area contributed by atoms with Gasteiger partial charge in [0.15, 0.2) is 11.3 Å². The molecule has 0 bridgehead atoms. The van der Waals surface area contributed by atoms with Crippen molar-refractivity contribution in [3.8, 4) is 0 Å². The van der Waals surface area contributed by atoms with Crippen LogP contribution in [0.5, 0.6) is 0 Å². The van der Waals surface area contributed by atoms with Crippen molar-refractivity contribution < 1.29 is 14.0 Å². The zero-order valence-electron chi connectivity index (χ0n) is 15.9. The van der Waals surface area contributed by atoms with Gasteiger partial charge >= 0.3 is 0 Å². The number of nitrogens with zero attached hydrogens (tertiary/aromatic N) is 2. The third-order valence-electron chi connectivity index (χ3n) is 5.28. The first kappa shape index (κ1) is 19.3. The second kappa shape index (κ2) is 7.75. The number of piperidine rings is 1. The maximum absolute atomic E-state index is 12.7.